The zero-order valence-corrected chi connectivity index (χ0v) is 10.2. The zero-order valence-electron chi connectivity index (χ0n) is 8.65. The van der Waals surface area contributed by atoms with E-state index in [0.717, 1.165) is 38.4 Å². The fourth-order valence-electron chi connectivity index (χ4n) is 1.83. The van der Waals surface area contributed by atoms with Crippen LogP contribution in [0.3, 0.4) is 0 Å². The summed E-state index contributed by atoms with van der Waals surface area (Å²) in [6.45, 7) is 4.74. The van der Waals surface area contributed by atoms with Crippen molar-refractivity contribution >= 4 is 29.1 Å². The van der Waals surface area contributed by atoms with Crippen LogP contribution < -0.4 is 4.90 Å². The van der Waals surface area contributed by atoms with Crippen molar-refractivity contribution in [1.29, 1.82) is 0 Å². The highest BCUT2D eigenvalue weighted by Crippen LogP contribution is 2.26. The molecule has 0 saturated carbocycles. The number of piperidine rings is 1. The molecular weight excluding hydrogens is 234 g/mol. The van der Waals surface area contributed by atoms with E-state index in [0.29, 0.717) is 11.3 Å². The van der Waals surface area contributed by atoms with Gasteiger partial charge in [0.05, 0.1) is 17.8 Å². The van der Waals surface area contributed by atoms with Crippen LogP contribution in [0.5, 0.6) is 0 Å². The molecule has 0 bridgehead atoms. The third-order valence-corrected chi connectivity index (χ3v) is 3.45. The van der Waals surface area contributed by atoms with Crippen LogP contribution in [-0.2, 0) is 4.74 Å². The van der Waals surface area contributed by atoms with Gasteiger partial charge in [-0.25, -0.2) is 0 Å². The van der Waals surface area contributed by atoms with Gasteiger partial charge in [-0.1, -0.05) is 11.6 Å². The molecule has 0 atom stereocenters. The van der Waals surface area contributed by atoms with Crippen LogP contribution in [0.15, 0.2) is 0 Å². The average Bonchev–Trinajstić information content (AvgIpc) is 2.66. The van der Waals surface area contributed by atoms with E-state index in [2.05, 4.69) is 13.6 Å². The maximum atomic E-state index is 5.93. The second-order valence-electron chi connectivity index (χ2n) is 3.52. The predicted octanol–water partition coefficient (Wildman–Crippen LogP) is 2.20. The molecule has 2 heterocycles. The number of halogens is 1. The monoisotopic (exact) mass is 247 g/mol. The molecule has 1 aromatic heterocycles. The van der Waals surface area contributed by atoms with Crippen LogP contribution in [0.4, 0.5) is 5.82 Å². The lowest BCUT2D eigenvalue weighted by atomic mass is 10.1. The maximum Gasteiger partial charge on any atom is 0.187 e. The minimum atomic E-state index is 0.400. The van der Waals surface area contributed by atoms with Crippen LogP contribution >= 0.6 is 23.3 Å². The Kier molecular flexibility index (Phi) is 3.77. The number of aromatic nitrogens is 2. The summed E-state index contributed by atoms with van der Waals surface area (Å²) in [5.41, 5.74) is 0. The molecular formula is C9H14ClN3OS. The Hall–Kier alpha value is -0.390. The van der Waals surface area contributed by atoms with Gasteiger partial charge in [0.2, 0.25) is 0 Å². The molecule has 1 saturated heterocycles. The van der Waals surface area contributed by atoms with E-state index in [9.17, 15) is 0 Å². The van der Waals surface area contributed by atoms with Gasteiger partial charge >= 0.3 is 0 Å². The van der Waals surface area contributed by atoms with Crippen LogP contribution in [0.2, 0.25) is 5.15 Å². The van der Waals surface area contributed by atoms with Crippen LogP contribution in [0.25, 0.3) is 0 Å². The van der Waals surface area contributed by atoms with E-state index in [1.165, 1.54) is 11.7 Å². The van der Waals surface area contributed by atoms with Crippen LogP contribution in [0.1, 0.15) is 19.8 Å². The van der Waals surface area contributed by atoms with E-state index in [-0.39, 0.29) is 0 Å². The number of anilines is 1. The van der Waals surface area contributed by atoms with Gasteiger partial charge in [0, 0.05) is 19.7 Å². The average molecular weight is 248 g/mol. The third kappa shape index (κ3) is 2.59. The molecule has 4 nitrogen and oxygen atoms in total. The zero-order chi connectivity index (χ0) is 10.7. The molecule has 1 aliphatic rings. The van der Waals surface area contributed by atoms with E-state index >= 15 is 0 Å². The van der Waals surface area contributed by atoms with E-state index in [1.807, 2.05) is 6.92 Å². The van der Waals surface area contributed by atoms with Crippen molar-refractivity contribution in [1.82, 2.24) is 8.75 Å². The molecule has 0 amide bonds. The highest BCUT2D eigenvalue weighted by molar-refractivity contribution is 6.99. The Morgan fingerprint density at radius 2 is 2.20 bits per heavy atom. The number of ether oxygens (including phenoxy) is 1. The van der Waals surface area contributed by atoms with E-state index in [1.54, 1.807) is 0 Å². The van der Waals surface area contributed by atoms with Gasteiger partial charge in [0.15, 0.2) is 11.0 Å². The topological polar surface area (TPSA) is 38.2 Å². The summed E-state index contributed by atoms with van der Waals surface area (Å²) < 4.78 is 13.8. The van der Waals surface area contributed by atoms with Crippen molar-refractivity contribution in [2.45, 2.75) is 25.9 Å². The summed E-state index contributed by atoms with van der Waals surface area (Å²) in [6, 6.07) is 0. The van der Waals surface area contributed by atoms with Gasteiger partial charge in [0.25, 0.3) is 0 Å². The molecule has 0 N–H and O–H groups in total. The largest absolute Gasteiger partial charge is 0.378 e. The summed E-state index contributed by atoms with van der Waals surface area (Å²) >= 11 is 7.10. The summed E-state index contributed by atoms with van der Waals surface area (Å²) in [4.78, 5) is 2.18. The molecule has 1 aromatic rings. The molecule has 1 aliphatic heterocycles. The summed E-state index contributed by atoms with van der Waals surface area (Å²) in [5, 5.41) is 0.523. The lowest BCUT2D eigenvalue weighted by Gasteiger charge is -2.31. The van der Waals surface area contributed by atoms with Crippen molar-refractivity contribution in [3.63, 3.8) is 0 Å². The predicted molar refractivity (Wildman–Crippen MR) is 61.8 cm³/mol. The first kappa shape index (κ1) is 11.1. The first-order chi connectivity index (χ1) is 7.31. The number of hydrogen-bond donors (Lipinski definition) is 0. The van der Waals surface area contributed by atoms with Crippen molar-refractivity contribution in [2.24, 2.45) is 0 Å². The second-order valence-corrected chi connectivity index (χ2v) is 4.41. The molecule has 0 spiro atoms. The smallest absolute Gasteiger partial charge is 0.187 e. The fourth-order valence-corrected chi connectivity index (χ4v) is 2.61. The van der Waals surface area contributed by atoms with Gasteiger partial charge in [-0.3, -0.25) is 0 Å². The Bertz CT molecular complexity index is 312. The van der Waals surface area contributed by atoms with Gasteiger partial charge in [-0.2, -0.15) is 8.75 Å². The minimum absolute atomic E-state index is 0.400. The SMILES string of the molecule is CCOC1CCN(c2nsnc2Cl)CC1. The molecule has 84 valence electrons. The Morgan fingerprint density at radius 3 is 2.73 bits per heavy atom. The van der Waals surface area contributed by atoms with Crippen molar-refractivity contribution in [2.75, 3.05) is 24.6 Å². The van der Waals surface area contributed by atoms with E-state index < -0.39 is 0 Å². The maximum absolute atomic E-state index is 5.93. The number of hydrogen-bond acceptors (Lipinski definition) is 5. The Balaban J connectivity index is 1.91. The molecule has 15 heavy (non-hydrogen) atoms. The molecule has 0 aromatic carbocycles. The van der Waals surface area contributed by atoms with Crippen molar-refractivity contribution in [3.05, 3.63) is 5.15 Å². The Labute approximate surface area is 98.5 Å². The molecule has 0 aliphatic carbocycles. The summed E-state index contributed by atoms with van der Waals surface area (Å²) in [5.74, 6) is 0.830. The molecule has 1 fully saturated rings. The van der Waals surface area contributed by atoms with Crippen LogP contribution in [0, 0.1) is 0 Å². The lowest BCUT2D eigenvalue weighted by Crippen LogP contribution is -2.37. The van der Waals surface area contributed by atoms with Crippen molar-refractivity contribution in [3.8, 4) is 0 Å². The Morgan fingerprint density at radius 1 is 1.47 bits per heavy atom. The lowest BCUT2D eigenvalue weighted by molar-refractivity contribution is 0.0458. The first-order valence-electron chi connectivity index (χ1n) is 5.16. The first-order valence-corrected chi connectivity index (χ1v) is 6.26. The number of rotatable bonds is 3. The third-order valence-electron chi connectivity index (χ3n) is 2.58. The molecule has 0 unspecified atom stereocenters. The van der Waals surface area contributed by atoms with Crippen molar-refractivity contribution < 1.29 is 4.74 Å². The van der Waals surface area contributed by atoms with Gasteiger partial charge in [0.1, 0.15) is 0 Å². The molecule has 2 rings (SSSR count). The molecule has 0 radical (unpaired) electrons. The highest BCUT2D eigenvalue weighted by atomic mass is 35.5. The second kappa shape index (κ2) is 5.09. The van der Waals surface area contributed by atoms with Gasteiger partial charge in [-0.15, -0.1) is 0 Å². The standard InChI is InChI=1S/C9H14ClN3OS/c1-2-14-7-3-5-13(6-4-7)9-8(10)11-15-12-9/h7H,2-6H2,1H3. The van der Waals surface area contributed by atoms with Crippen LogP contribution in [-0.4, -0.2) is 34.5 Å². The van der Waals surface area contributed by atoms with Gasteiger partial charge in [-0.05, 0) is 19.8 Å². The summed E-state index contributed by atoms with van der Waals surface area (Å²) in [6.07, 6.45) is 2.49. The van der Waals surface area contributed by atoms with Gasteiger partial charge < -0.3 is 9.64 Å². The molecule has 6 heteroatoms. The number of nitrogens with zero attached hydrogens (tertiary/aromatic N) is 3. The minimum Gasteiger partial charge on any atom is -0.378 e. The van der Waals surface area contributed by atoms with E-state index in [4.69, 9.17) is 16.3 Å². The normalized spacial score (nSPS) is 18.4. The summed E-state index contributed by atoms with van der Waals surface area (Å²) in [7, 11) is 0. The highest BCUT2D eigenvalue weighted by Gasteiger charge is 2.22. The fraction of sp³-hybridized carbons (Fsp3) is 0.778. The quantitative estimate of drug-likeness (QED) is 0.821.